The molecular weight excluding hydrogens is 348 g/mol. The third-order valence-electron chi connectivity index (χ3n) is 4.70. The first-order chi connectivity index (χ1) is 13.4. The second kappa shape index (κ2) is 8.26. The van der Waals surface area contributed by atoms with Crippen LogP contribution < -0.4 is 10.1 Å². The van der Waals surface area contributed by atoms with Gasteiger partial charge in [0.05, 0.1) is 12.7 Å². The molecule has 28 heavy (non-hydrogen) atoms. The van der Waals surface area contributed by atoms with E-state index in [1.54, 1.807) is 19.5 Å². The molecule has 4 heteroatoms. The lowest BCUT2D eigenvalue weighted by Crippen LogP contribution is -2.22. The highest BCUT2D eigenvalue weighted by molar-refractivity contribution is 5.95. The van der Waals surface area contributed by atoms with Crippen LogP contribution in [0.3, 0.4) is 0 Å². The maximum Gasteiger partial charge on any atom is 0.253 e. The number of hydrogen-bond acceptors (Lipinski definition) is 3. The van der Waals surface area contributed by atoms with E-state index in [2.05, 4.69) is 55.3 Å². The van der Waals surface area contributed by atoms with Crippen LogP contribution in [0.2, 0.25) is 0 Å². The zero-order chi connectivity index (χ0) is 20.1. The van der Waals surface area contributed by atoms with Crippen molar-refractivity contribution in [1.29, 1.82) is 0 Å². The molecule has 2 aromatic carbocycles. The Labute approximate surface area is 166 Å². The van der Waals surface area contributed by atoms with Gasteiger partial charge in [0.25, 0.3) is 5.91 Å². The van der Waals surface area contributed by atoms with E-state index < -0.39 is 0 Å². The van der Waals surface area contributed by atoms with E-state index in [-0.39, 0.29) is 11.3 Å². The van der Waals surface area contributed by atoms with E-state index in [1.807, 2.05) is 30.3 Å². The molecule has 0 spiro atoms. The highest BCUT2D eigenvalue weighted by atomic mass is 16.5. The normalized spacial score (nSPS) is 11.1. The van der Waals surface area contributed by atoms with Gasteiger partial charge in [0.15, 0.2) is 0 Å². The molecule has 0 bridgehead atoms. The molecule has 0 unspecified atom stereocenters. The van der Waals surface area contributed by atoms with Crippen molar-refractivity contribution in [2.24, 2.45) is 0 Å². The molecule has 0 aliphatic rings. The summed E-state index contributed by atoms with van der Waals surface area (Å²) >= 11 is 0. The van der Waals surface area contributed by atoms with Crippen molar-refractivity contribution in [3.8, 4) is 16.9 Å². The summed E-state index contributed by atoms with van der Waals surface area (Å²) in [5, 5.41) is 2.94. The summed E-state index contributed by atoms with van der Waals surface area (Å²) in [5.74, 6) is 0.654. The second-order valence-electron chi connectivity index (χ2n) is 7.82. The summed E-state index contributed by atoms with van der Waals surface area (Å²) in [6, 6.07) is 17.9. The average molecular weight is 374 g/mol. The summed E-state index contributed by atoms with van der Waals surface area (Å²) in [7, 11) is 1.63. The van der Waals surface area contributed by atoms with Gasteiger partial charge >= 0.3 is 0 Å². The molecule has 0 atom stereocenters. The van der Waals surface area contributed by atoms with E-state index in [0.29, 0.717) is 12.1 Å². The van der Waals surface area contributed by atoms with Gasteiger partial charge < -0.3 is 10.1 Å². The Morgan fingerprint density at radius 3 is 2.25 bits per heavy atom. The number of hydrogen-bond donors (Lipinski definition) is 1. The summed E-state index contributed by atoms with van der Waals surface area (Å²) in [6.45, 7) is 7.03. The van der Waals surface area contributed by atoms with E-state index in [0.717, 1.165) is 22.4 Å². The third kappa shape index (κ3) is 4.77. The van der Waals surface area contributed by atoms with Gasteiger partial charge in [-0.3, -0.25) is 9.78 Å². The zero-order valence-electron chi connectivity index (χ0n) is 16.8. The van der Waals surface area contributed by atoms with E-state index >= 15 is 0 Å². The van der Waals surface area contributed by atoms with Gasteiger partial charge in [0, 0.05) is 24.5 Å². The largest absolute Gasteiger partial charge is 0.497 e. The van der Waals surface area contributed by atoms with Crippen molar-refractivity contribution in [3.63, 3.8) is 0 Å². The maximum atomic E-state index is 12.5. The number of nitrogens with one attached hydrogen (secondary N) is 1. The van der Waals surface area contributed by atoms with E-state index in [9.17, 15) is 4.79 Å². The molecule has 0 saturated carbocycles. The van der Waals surface area contributed by atoms with Gasteiger partial charge in [-0.15, -0.1) is 0 Å². The van der Waals surface area contributed by atoms with Crippen LogP contribution in [-0.2, 0) is 12.0 Å². The molecule has 144 valence electrons. The fraction of sp³-hybridized carbons (Fsp3) is 0.250. The van der Waals surface area contributed by atoms with Crippen LogP contribution >= 0.6 is 0 Å². The van der Waals surface area contributed by atoms with Crippen molar-refractivity contribution in [1.82, 2.24) is 10.3 Å². The third-order valence-corrected chi connectivity index (χ3v) is 4.70. The number of methoxy groups -OCH3 is 1. The molecule has 0 fully saturated rings. The van der Waals surface area contributed by atoms with Crippen LogP contribution in [0, 0.1) is 0 Å². The fourth-order valence-electron chi connectivity index (χ4n) is 2.91. The van der Waals surface area contributed by atoms with Crippen molar-refractivity contribution in [2.75, 3.05) is 7.11 Å². The number of rotatable bonds is 5. The topological polar surface area (TPSA) is 51.2 Å². The lowest BCUT2D eigenvalue weighted by molar-refractivity contribution is 0.0950. The molecule has 0 aliphatic heterocycles. The molecule has 1 aromatic heterocycles. The molecule has 0 saturated heterocycles. The molecule has 0 radical (unpaired) electrons. The van der Waals surface area contributed by atoms with Crippen LogP contribution in [-0.4, -0.2) is 18.0 Å². The number of carbonyl (C=O) groups is 1. The molecule has 1 N–H and O–H groups in total. The Bertz CT molecular complexity index is 940. The first kappa shape index (κ1) is 19.6. The van der Waals surface area contributed by atoms with E-state index in [4.69, 9.17) is 4.74 Å². The van der Waals surface area contributed by atoms with Crippen molar-refractivity contribution >= 4 is 5.91 Å². The predicted octanol–water partition coefficient (Wildman–Crippen LogP) is 4.98. The van der Waals surface area contributed by atoms with Crippen molar-refractivity contribution in [2.45, 2.75) is 32.7 Å². The van der Waals surface area contributed by atoms with Crippen LogP contribution in [0.1, 0.15) is 42.3 Å². The lowest BCUT2D eigenvalue weighted by Gasteiger charge is -2.19. The van der Waals surface area contributed by atoms with Gasteiger partial charge in [-0.2, -0.15) is 0 Å². The Kier molecular flexibility index (Phi) is 5.78. The Hall–Kier alpha value is -3.14. The van der Waals surface area contributed by atoms with Gasteiger partial charge in [-0.1, -0.05) is 57.2 Å². The summed E-state index contributed by atoms with van der Waals surface area (Å²) in [5.41, 5.74) is 4.92. The quantitative estimate of drug-likeness (QED) is 0.685. The minimum absolute atomic E-state index is 0.111. The van der Waals surface area contributed by atoms with E-state index in [1.165, 1.54) is 5.56 Å². The van der Waals surface area contributed by atoms with Gasteiger partial charge in [0.1, 0.15) is 5.75 Å². The monoisotopic (exact) mass is 374 g/mol. The zero-order valence-corrected chi connectivity index (χ0v) is 16.8. The number of nitrogens with zero attached hydrogens (tertiary/aromatic N) is 1. The number of benzene rings is 2. The van der Waals surface area contributed by atoms with Crippen LogP contribution in [0.4, 0.5) is 0 Å². The molecule has 1 heterocycles. The number of carbonyl (C=O) groups excluding carboxylic acids is 1. The molecule has 0 aliphatic carbocycles. The number of pyridine rings is 1. The Morgan fingerprint density at radius 1 is 0.964 bits per heavy atom. The molecule has 3 aromatic rings. The minimum Gasteiger partial charge on any atom is -0.497 e. The highest BCUT2D eigenvalue weighted by Crippen LogP contribution is 2.26. The Balaban J connectivity index is 1.70. The number of amides is 1. The van der Waals surface area contributed by atoms with Crippen molar-refractivity contribution in [3.05, 3.63) is 83.7 Å². The number of ether oxygens (including phenoxy) is 1. The van der Waals surface area contributed by atoms with Crippen molar-refractivity contribution < 1.29 is 9.53 Å². The molecule has 1 amide bonds. The van der Waals surface area contributed by atoms with Gasteiger partial charge in [-0.25, -0.2) is 0 Å². The van der Waals surface area contributed by atoms with Crippen LogP contribution in [0.15, 0.2) is 67.0 Å². The molecular formula is C24H26N2O2. The van der Waals surface area contributed by atoms with Gasteiger partial charge in [0.2, 0.25) is 0 Å². The second-order valence-corrected chi connectivity index (χ2v) is 7.82. The fourth-order valence-corrected chi connectivity index (χ4v) is 2.91. The predicted molar refractivity (Wildman–Crippen MR) is 113 cm³/mol. The first-order valence-electron chi connectivity index (χ1n) is 9.34. The van der Waals surface area contributed by atoms with Crippen LogP contribution in [0.25, 0.3) is 11.1 Å². The molecule has 4 nitrogen and oxygen atoms in total. The first-order valence-corrected chi connectivity index (χ1v) is 9.34. The summed E-state index contributed by atoms with van der Waals surface area (Å²) in [4.78, 5) is 16.8. The SMILES string of the molecule is COc1ccc(CNC(=O)c2cncc(-c3ccc(C(C)(C)C)cc3)c2)cc1. The number of aromatic nitrogens is 1. The maximum absolute atomic E-state index is 12.5. The summed E-state index contributed by atoms with van der Waals surface area (Å²) in [6.07, 6.45) is 3.38. The standard InChI is InChI=1S/C24H26N2O2/c1-24(2,3)21-9-7-18(8-10-21)19-13-20(16-25-15-19)23(27)26-14-17-5-11-22(28-4)12-6-17/h5-13,15-16H,14H2,1-4H3,(H,26,27). The van der Waals surface area contributed by atoms with Gasteiger partial charge in [-0.05, 0) is 40.3 Å². The van der Waals surface area contributed by atoms with Crippen LogP contribution in [0.5, 0.6) is 5.75 Å². The highest BCUT2D eigenvalue weighted by Gasteiger charge is 2.13. The average Bonchev–Trinajstić information content (AvgIpc) is 2.72. The minimum atomic E-state index is -0.142. The lowest BCUT2D eigenvalue weighted by atomic mass is 9.86. The summed E-state index contributed by atoms with van der Waals surface area (Å²) < 4.78 is 5.15. The smallest absolute Gasteiger partial charge is 0.253 e. The molecule has 3 rings (SSSR count). The Morgan fingerprint density at radius 2 is 1.64 bits per heavy atom.